The van der Waals surface area contributed by atoms with Crippen LogP contribution in [0.4, 0.5) is 0 Å². The molecule has 0 aromatic rings. The number of nitrogens with zero attached hydrogens (tertiary/aromatic N) is 1. The van der Waals surface area contributed by atoms with Crippen molar-refractivity contribution in [1.29, 1.82) is 0 Å². The standard InChI is InChI=1S/C8H15NO/c1-9-5-2-3-8(7-10)4-6-9/h3,10H,2,4-7H2,1H3. The summed E-state index contributed by atoms with van der Waals surface area (Å²) in [4.78, 5) is 2.29. The highest BCUT2D eigenvalue weighted by atomic mass is 16.3. The van der Waals surface area contributed by atoms with E-state index in [0.29, 0.717) is 0 Å². The van der Waals surface area contributed by atoms with Crippen LogP contribution in [0.3, 0.4) is 0 Å². The molecule has 1 aliphatic heterocycles. The van der Waals surface area contributed by atoms with Crippen molar-refractivity contribution >= 4 is 0 Å². The molecule has 1 aliphatic rings. The van der Waals surface area contributed by atoms with Crippen molar-refractivity contribution in [3.8, 4) is 0 Å². The fraction of sp³-hybridized carbons (Fsp3) is 0.750. The van der Waals surface area contributed by atoms with Crippen molar-refractivity contribution in [1.82, 2.24) is 4.90 Å². The molecule has 1 rings (SSSR count). The Morgan fingerprint density at radius 2 is 2.40 bits per heavy atom. The minimum Gasteiger partial charge on any atom is -0.392 e. The lowest BCUT2D eigenvalue weighted by atomic mass is 10.2. The third-order valence-corrected chi connectivity index (χ3v) is 1.96. The van der Waals surface area contributed by atoms with Crippen molar-refractivity contribution in [2.75, 3.05) is 26.7 Å². The smallest absolute Gasteiger partial charge is 0.0642 e. The highest BCUT2D eigenvalue weighted by Gasteiger charge is 2.04. The van der Waals surface area contributed by atoms with E-state index in [4.69, 9.17) is 5.11 Å². The topological polar surface area (TPSA) is 23.5 Å². The van der Waals surface area contributed by atoms with Gasteiger partial charge in [-0.05, 0) is 25.5 Å². The molecule has 0 fully saturated rings. The predicted octanol–water partition coefficient (Wildman–Crippen LogP) is 0.631. The molecule has 0 aliphatic carbocycles. The molecule has 1 heterocycles. The summed E-state index contributed by atoms with van der Waals surface area (Å²) in [5.41, 5.74) is 1.20. The van der Waals surface area contributed by atoms with Crippen LogP contribution < -0.4 is 0 Å². The van der Waals surface area contributed by atoms with Crippen LogP contribution in [0.1, 0.15) is 12.8 Å². The van der Waals surface area contributed by atoms with Gasteiger partial charge in [-0.2, -0.15) is 0 Å². The Morgan fingerprint density at radius 1 is 1.60 bits per heavy atom. The Morgan fingerprint density at radius 3 is 3.10 bits per heavy atom. The second kappa shape index (κ2) is 3.74. The van der Waals surface area contributed by atoms with Gasteiger partial charge in [-0.1, -0.05) is 6.08 Å². The fourth-order valence-corrected chi connectivity index (χ4v) is 1.18. The molecule has 2 nitrogen and oxygen atoms in total. The number of aliphatic hydroxyl groups excluding tert-OH is 1. The van der Waals surface area contributed by atoms with Crippen LogP contribution >= 0.6 is 0 Å². The average Bonchev–Trinajstić information content (AvgIpc) is 2.14. The summed E-state index contributed by atoms with van der Waals surface area (Å²) in [6, 6.07) is 0. The number of aliphatic hydroxyl groups is 1. The second-order valence-corrected chi connectivity index (χ2v) is 2.86. The highest BCUT2D eigenvalue weighted by molar-refractivity contribution is 5.04. The zero-order valence-corrected chi connectivity index (χ0v) is 6.51. The van der Waals surface area contributed by atoms with Gasteiger partial charge in [0, 0.05) is 13.1 Å². The SMILES string of the molecule is CN1CCC=C(CO)CC1. The Bertz CT molecular complexity index is 131. The molecular formula is C8H15NO. The summed E-state index contributed by atoms with van der Waals surface area (Å²) in [7, 11) is 2.12. The molecule has 0 bridgehead atoms. The van der Waals surface area contributed by atoms with Crippen LogP contribution in [0.15, 0.2) is 11.6 Å². The summed E-state index contributed by atoms with van der Waals surface area (Å²) in [5, 5.41) is 8.82. The van der Waals surface area contributed by atoms with Gasteiger partial charge in [0.15, 0.2) is 0 Å². The van der Waals surface area contributed by atoms with Crippen molar-refractivity contribution < 1.29 is 5.11 Å². The largest absolute Gasteiger partial charge is 0.392 e. The van der Waals surface area contributed by atoms with E-state index in [2.05, 4.69) is 18.0 Å². The van der Waals surface area contributed by atoms with Gasteiger partial charge >= 0.3 is 0 Å². The van der Waals surface area contributed by atoms with Crippen molar-refractivity contribution in [3.63, 3.8) is 0 Å². The maximum Gasteiger partial charge on any atom is 0.0642 e. The molecule has 58 valence electrons. The first-order chi connectivity index (χ1) is 4.83. The fourth-order valence-electron chi connectivity index (χ4n) is 1.18. The number of rotatable bonds is 1. The zero-order chi connectivity index (χ0) is 7.40. The molecule has 0 atom stereocenters. The monoisotopic (exact) mass is 141 g/mol. The van der Waals surface area contributed by atoms with Crippen LogP contribution in [0.25, 0.3) is 0 Å². The Labute approximate surface area is 62.2 Å². The van der Waals surface area contributed by atoms with Gasteiger partial charge in [0.05, 0.1) is 6.61 Å². The third kappa shape index (κ3) is 2.12. The van der Waals surface area contributed by atoms with E-state index in [9.17, 15) is 0 Å². The van der Waals surface area contributed by atoms with Gasteiger partial charge in [0.2, 0.25) is 0 Å². The molecule has 0 aromatic carbocycles. The first-order valence-corrected chi connectivity index (χ1v) is 3.80. The van der Waals surface area contributed by atoms with Gasteiger partial charge in [0.25, 0.3) is 0 Å². The molecular weight excluding hydrogens is 126 g/mol. The van der Waals surface area contributed by atoms with E-state index in [1.807, 2.05) is 0 Å². The molecule has 0 radical (unpaired) electrons. The van der Waals surface area contributed by atoms with Crippen LogP contribution in [0.2, 0.25) is 0 Å². The third-order valence-electron chi connectivity index (χ3n) is 1.96. The minimum absolute atomic E-state index is 0.244. The van der Waals surface area contributed by atoms with E-state index in [1.54, 1.807) is 0 Å². The molecule has 0 aromatic heterocycles. The quantitative estimate of drug-likeness (QED) is 0.541. The molecule has 10 heavy (non-hydrogen) atoms. The highest BCUT2D eigenvalue weighted by Crippen LogP contribution is 2.07. The van der Waals surface area contributed by atoms with Crippen molar-refractivity contribution in [2.24, 2.45) is 0 Å². The molecule has 0 spiro atoms. The lowest BCUT2D eigenvalue weighted by Crippen LogP contribution is -2.19. The summed E-state index contributed by atoms with van der Waals surface area (Å²) >= 11 is 0. The second-order valence-electron chi connectivity index (χ2n) is 2.86. The van der Waals surface area contributed by atoms with E-state index >= 15 is 0 Å². The Hall–Kier alpha value is -0.340. The zero-order valence-electron chi connectivity index (χ0n) is 6.51. The van der Waals surface area contributed by atoms with E-state index in [0.717, 1.165) is 25.9 Å². The van der Waals surface area contributed by atoms with Crippen LogP contribution in [-0.4, -0.2) is 36.8 Å². The molecule has 0 amide bonds. The first-order valence-electron chi connectivity index (χ1n) is 3.80. The maximum atomic E-state index is 8.82. The average molecular weight is 141 g/mol. The van der Waals surface area contributed by atoms with Gasteiger partial charge in [-0.3, -0.25) is 0 Å². The lowest BCUT2D eigenvalue weighted by Gasteiger charge is -2.11. The molecule has 0 saturated carbocycles. The predicted molar refractivity (Wildman–Crippen MR) is 41.9 cm³/mol. The molecule has 0 unspecified atom stereocenters. The van der Waals surface area contributed by atoms with Gasteiger partial charge < -0.3 is 10.0 Å². The first kappa shape index (κ1) is 7.76. The Kier molecular flexibility index (Phi) is 2.90. The summed E-state index contributed by atoms with van der Waals surface area (Å²) < 4.78 is 0. The van der Waals surface area contributed by atoms with Crippen molar-refractivity contribution in [2.45, 2.75) is 12.8 Å². The molecule has 1 N–H and O–H groups in total. The lowest BCUT2D eigenvalue weighted by molar-refractivity contribution is 0.315. The molecule has 2 heteroatoms. The summed E-state index contributed by atoms with van der Waals surface area (Å²) in [5.74, 6) is 0. The van der Waals surface area contributed by atoms with Gasteiger partial charge in [0.1, 0.15) is 0 Å². The molecule has 0 saturated heterocycles. The summed E-state index contributed by atoms with van der Waals surface area (Å²) in [6.07, 6.45) is 4.28. The minimum atomic E-state index is 0.244. The van der Waals surface area contributed by atoms with Crippen LogP contribution in [-0.2, 0) is 0 Å². The van der Waals surface area contributed by atoms with Crippen LogP contribution in [0.5, 0.6) is 0 Å². The number of hydrogen-bond donors (Lipinski definition) is 1. The van der Waals surface area contributed by atoms with Gasteiger partial charge in [-0.15, -0.1) is 0 Å². The summed E-state index contributed by atoms with van der Waals surface area (Å²) in [6.45, 7) is 2.46. The van der Waals surface area contributed by atoms with E-state index in [1.165, 1.54) is 5.57 Å². The maximum absolute atomic E-state index is 8.82. The van der Waals surface area contributed by atoms with Crippen molar-refractivity contribution in [3.05, 3.63) is 11.6 Å². The Balaban J connectivity index is 2.40. The van der Waals surface area contributed by atoms with E-state index < -0.39 is 0 Å². The van der Waals surface area contributed by atoms with Gasteiger partial charge in [-0.25, -0.2) is 0 Å². The normalized spacial score (nSPS) is 22.0. The van der Waals surface area contributed by atoms with E-state index in [-0.39, 0.29) is 6.61 Å². The van der Waals surface area contributed by atoms with Crippen LogP contribution in [0, 0.1) is 0 Å². The number of hydrogen-bond acceptors (Lipinski definition) is 2.